The molecule has 0 bridgehead atoms. The van der Waals surface area contributed by atoms with E-state index in [1.54, 1.807) is 17.1 Å². The van der Waals surface area contributed by atoms with Crippen molar-refractivity contribution in [2.75, 3.05) is 19.6 Å². The number of nitrogens with two attached hydrogens (primary N) is 1. The number of amides is 1. The van der Waals surface area contributed by atoms with E-state index in [4.69, 9.17) is 5.73 Å². The molecule has 0 aromatic carbocycles. The van der Waals surface area contributed by atoms with Crippen molar-refractivity contribution in [3.63, 3.8) is 0 Å². The highest BCUT2D eigenvalue weighted by Gasteiger charge is 2.24. The third-order valence-electron chi connectivity index (χ3n) is 2.39. The van der Waals surface area contributed by atoms with Gasteiger partial charge in [-0.15, -0.1) is 13.2 Å². The van der Waals surface area contributed by atoms with Crippen LogP contribution in [0.2, 0.25) is 0 Å². The van der Waals surface area contributed by atoms with Gasteiger partial charge < -0.3 is 10.6 Å². The largest absolute Gasteiger partial charge is 0.335 e. The van der Waals surface area contributed by atoms with Gasteiger partial charge in [0.1, 0.15) is 0 Å². The Labute approximate surface area is 92.6 Å². The zero-order valence-electron chi connectivity index (χ0n) is 9.78. The summed E-state index contributed by atoms with van der Waals surface area (Å²) in [6.07, 6.45) is 3.44. The lowest BCUT2D eigenvalue weighted by atomic mass is 9.94. The second-order valence-corrected chi connectivity index (χ2v) is 3.91. The summed E-state index contributed by atoms with van der Waals surface area (Å²) >= 11 is 0. The van der Waals surface area contributed by atoms with Crippen molar-refractivity contribution >= 4 is 5.91 Å². The Balaban J connectivity index is 4.57. The molecule has 0 aliphatic carbocycles. The summed E-state index contributed by atoms with van der Waals surface area (Å²) in [4.78, 5) is 13.8. The molecule has 0 spiro atoms. The van der Waals surface area contributed by atoms with E-state index in [1.807, 2.05) is 13.8 Å². The van der Waals surface area contributed by atoms with Gasteiger partial charge in [0.2, 0.25) is 5.91 Å². The molecule has 0 aromatic heterocycles. The van der Waals surface area contributed by atoms with Crippen molar-refractivity contribution in [1.29, 1.82) is 0 Å². The first-order valence-electron chi connectivity index (χ1n) is 5.29. The Kier molecular flexibility index (Phi) is 6.71. The lowest BCUT2D eigenvalue weighted by Gasteiger charge is -2.26. The second-order valence-electron chi connectivity index (χ2n) is 3.91. The van der Waals surface area contributed by atoms with Crippen LogP contribution in [0.3, 0.4) is 0 Å². The summed E-state index contributed by atoms with van der Waals surface area (Å²) in [5.41, 5.74) is 5.61. The monoisotopic (exact) mass is 210 g/mol. The quantitative estimate of drug-likeness (QED) is 0.646. The van der Waals surface area contributed by atoms with Gasteiger partial charge in [0, 0.05) is 19.6 Å². The van der Waals surface area contributed by atoms with Gasteiger partial charge >= 0.3 is 0 Å². The Hall–Kier alpha value is -1.09. The summed E-state index contributed by atoms with van der Waals surface area (Å²) in [7, 11) is 0. The number of nitrogens with zero attached hydrogens (tertiary/aromatic N) is 1. The van der Waals surface area contributed by atoms with E-state index in [0.717, 1.165) is 0 Å². The standard InChI is InChI=1S/C12H22N2O/c1-5-7-14(8-6-2)12(15)11(9-13)10(3)4/h5-6,10-11H,1-2,7-9,13H2,3-4H3. The van der Waals surface area contributed by atoms with E-state index < -0.39 is 0 Å². The molecule has 0 saturated heterocycles. The Morgan fingerprint density at radius 3 is 2.07 bits per heavy atom. The topological polar surface area (TPSA) is 46.3 Å². The van der Waals surface area contributed by atoms with Crippen LogP contribution in [0.15, 0.2) is 25.3 Å². The van der Waals surface area contributed by atoms with E-state index in [9.17, 15) is 4.79 Å². The molecule has 0 aliphatic heterocycles. The molecule has 86 valence electrons. The number of carbonyl (C=O) groups excluding carboxylic acids is 1. The molecular weight excluding hydrogens is 188 g/mol. The first-order valence-corrected chi connectivity index (χ1v) is 5.29. The van der Waals surface area contributed by atoms with E-state index in [-0.39, 0.29) is 17.7 Å². The number of hydrogen-bond acceptors (Lipinski definition) is 2. The zero-order valence-corrected chi connectivity index (χ0v) is 9.78. The minimum atomic E-state index is -0.107. The molecule has 15 heavy (non-hydrogen) atoms. The Morgan fingerprint density at radius 2 is 1.80 bits per heavy atom. The van der Waals surface area contributed by atoms with Crippen LogP contribution in [0.1, 0.15) is 13.8 Å². The van der Waals surface area contributed by atoms with Gasteiger partial charge in [0.05, 0.1) is 5.92 Å². The minimum Gasteiger partial charge on any atom is -0.335 e. The maximum atomic E-state index is 12.0. The van der Waals surface area contributed by atoms with Crippen LogP contribution in [-0.2, 0) is 4.79 Å². The molecule has 1 unspecified atom stereocenters. The van der Waals surface area contributed by atoms with E-state index in [2.05, 4.69) is 13.2 Å². The third-order valence-corrected chi connectivity index (χ3v) is 2.39. The fourth-order valence-corrected chi connectivity index (χ4v) is 1.46. The zero-order chi connectivity index (χ0) is 11.8. The average molecular weight is 210 g/mol. The molecule has 1 atom stereocenters. The fourth-order valence-electron chi connectivity index (χ4n) is 1.46. The first kappa shape index (κ1) is 13.9. The number of carbonyl (C=O) groups is 1. The summed E-state index contributed by atoms with van der Waals surface area (Å²) in [6, 6.07) is 0. The van der Waals surface area contributed by atoms with Crippen LogP contribution in [0.4, 0.5) is 0 Å². The first-order chi connectivity index (χ1) is 7.08. The summed E-state index contributed by atoms with van der Waals surface area (Å²) in [6.45, 7) is 12.8. The van der Waals surface area contributed by atoms with Gasteiger partial charge in [0.25, 0.3) is 0 Å². The highest BCUT2D eigenvalue weighted by molar-refractivity contribution is 5.79. The number of rotatable bonds is 7. The SMILES string of the molecule is C=CCN(CC=C)C(=O)C(CN)C(C)C. The summed E-state index contributed by atoms with van der Waals surface area (Å²) < 4.78 is 0. The van der Waals surface area contributed by atoms with Gasteiger partial charge in [-0.1, -0.05) is 26.0 Å². The molecule has 3 heteroatoms. The minimum absolute atomic E-state index is 0.0901. The number of hydrogen-bond donors (Lipinski definition) is 1. The van der Waals surface area contributed by atoms with Crippen molar-refractivity contribution in [3.8, 4) is 0 Å². The van der Waals surface area contributed by atoms with Gasteiger partial charge in [-0.3, -0.25) is 4.79 Å². The van der Waals surface area contributed by atoms with E-state index >= 15 is 0 Å². The molecule has 0 rings (SSSR count). The predicted molar refractivity (Wildman–Crippen MR) is 64.4 cm³/mol. The van der Waals surface area contributed by atoms with E-state index in [1.165, 1.54) is 0 Å². The highest BCUT2D eigenvalue weighted by Crippen LogP contribution is 2.13. The van der Waals surface area contributed by atoms with Gasteiger partial charge in [-0.05, 0) is 5.92 Å². The van der Waals surface area contributed by atoms with E-state index in [0.29, 0.717) is 19.6 Å². The van der Waals surface area contributed by atoms with Gasteiger partial charge in [0.15, 0.2) is 0 Å². The maximum Gasteiger partial charge on any atom is 0.227 e. The molecular formula is C12H22N2O. The van der Waals surface area contributed by atoms with Crippen LogP contribution < -0.4 is 5.73 Å². The molecule has 3 nitrogen and oxygen atoms in total. The van der Waals surface area contributed by atoms with Crippen molar-refractivity contribution in [1.82, 2.24) is 4.90 Å². The lowest BCUT2D eigenvalue weighted by molar-refractivity contribution is -0.135. The maximum absolute atomic E-state index is 12.0. The van der Waals surface area contributed by atoms with Crippen LogP contribution in [0.5, 0.6) is 0 Å². The molecule has 0 heterocycles. The third kappa shape index (κ3) is 4.30. The van der Waals surface area contributed by atoms with Crippen molar-refractivity contribution in [3.05, 3.63) is 25.3 Å². The smallest absolute Gasteiger partial charge is 0.227 e. The molecule has 0 saturated carbocycles. The lowest BCUT2D eigenvalue weighted by Crippen LogP contribution is -2.41. The van der Waals surface area contributed by atoms with Crippen LogP contribution in [0, 0.1) is 11.8 Å². The van der Waals surface area contributed by atoms with Crippen molar-refractivity contribution in [2.24, 2.45) is 17.6 Å². The Morgan fingerprint density at radius 1 is 1.33 bits per heavy atom. The van der Waals surface area contributed by atoms with Gasteiger partial charge in [-0.2, -0.15) is 0 Å². The van der Waals surface area contributed by atoms with Crippen LogP contribution in [-0.4, -0.2) is 30.4 Å². The molecule has 0 aliphatic rings. The molecule has 0 fully saturated rings. The molecule has 0 radical (unpaired) electrons. The van der Waals surface area contributed by atoms with Crippen molar-refractivity contribution in [2.45, 2.75) is 13.8 Å². The van der Waals surface area contributed by atoms with Crippen LogP contribution >= 0.6 is 0 Å². The summed E-state index contributed by atoms with van der Waals surface area (Å²) in [5.74, 6) is 0.247. The van der Waals surface area contributed by atoms with Crippen molar-refractivity contribution < 1.29 is 4.79 Å². The van der Waals surface area contributed by atoms with Crippen LogP contribution in [0.25, 0.3) is 0 Å². The second kappa shape index (κ2) is 7.23. The predicted octanol–water partition coefficient (Wildman–Crippen LogP) is 1.42. The molecule has 2 N–H and O–H groups in total. The normalized spacial score (nSPS) is 12.3. The highest BCUT2D eigenvalue weighted by atomic mass is 16.2. The molecule has 1 amide bonds. The van der Waals surface area contributed by atoms with Gasteiger partial charge in [-0.25, -0.2) is 0 Å². The Bertz CT molecular complexity index is 214. The summed E-state index contributed by atoms with van der Waals surface area (Å²) in [5, 5.41) is 0. The average Bonchev–Trinajstić information content (AvgIpc) is 2.17. The molecule has 0 aromatic rings. The fraction of sp³-hybridized carbons (Fsp3) is 0.583.